The second-order valence-corrected chi connectivity index (χ2v) is 6.94. The van der Waals surface area contributed by atoms with Crippen LogP contribution in [0.4, 0.5) is 0 Å². The zero-order valence-electron chi connectivity index (χ0n) is 14.2. The Morgan fingerprint density at radius 3 is 2.18 bits per heavy atom. The molecule has 0 aliphatic carbocycles. The van der Waals surface area contributed by atoms with Crippen LogP contribution in [0.2, 0.25) is 0 Å². The van der Waals surface area contributed by atoms with Crippen LogP contribution >= 0.6 is 0 Å². The average molecular weight is 298 g/mol. The maximum atomic E-state index is 6.22. The first-order valence-electron chi connectivity index (χ1n) is 7.69. The van der Waals surface area contributed by atoms with Crippen molar-refractivity contribution >= 4 is 23.4 Å². The molecule has 0 amide bonds. The summed E-state index contributed by atoms with van der Waals surface area (Å²) in [7, 11) is 1.34. The molecule has 0 unspecified atom stereocenters. The molecule has 3 rings (SSSR count). The lowest BCUT2D eigenvalue weighted by Gasteiger charge is -2.32. The Hall–Kier alpha value is -1.52. The fourth-order valence-corrected chi connectivity index (χ4v) is 2.94. The predicted molar refractivity (Wildman–Crippen MR) is 91.0 cm³/mol. The van der Waals surface area contributed by atoms with Crippen LogP contribution in [-0.4, -0.2) is 25.4 Å². The minimum absolute atomic E-state index is 0.341. The lowest BCUT2D eigenvalue weighted by Crippen LogP contribution is -2.41. The molecule has 1 fully saturated rings. The van der Waals surface area contributed by atoms with Crippen LogP contribution in [-0.2, 0) is 9.31 Å². The Balaban J connectivity index is 2.17. The van der Waals surface area contributed by atoms with Gasteiger partial charge < -0.3 is 14.0 Å². The number of ether oxygens (including phenoxy) is 1. The molecule has 0 atom stereocenters. The summed E-state index contributed by atoms with van der Waals surface area (Å²) >= 11 is 0. The summed E-state index contributed by atoms with van der Waals surface area (Å²) in [5.74, 6) is 0.874. The van der Waals surface area contributed by atoms with Gasteiger partial charge in [0.1, 0.15) is 5.75 Å². The van der Waals surface area contributed by atoms with Crippen molar-refractivity contribution in [2.75, 3.05) is 7.11 Å². The predicted octanol–water partition coefficient (Wildman–Crippen LogP) is 3.46. The molecule has 3 nitrogen and oxygen atoms in total. The number of hydrogen-bond acceptors (Lipinski definition) is 3. The molecular formula is C18H23BO3. The van der Waals surface area contributed by atoms with Gasteiger partial charge in [-0.05, 0) is 57.1 Å². The Kier molecular flexibility index (Phi) is 3.50. The molecule has 2 aromatic carbocycles. The largest absolute Gasteiger partial charge is 0.496 e. The van der Waals surface area contributed by atoms with Gasteiger partial charge in [0.15, 0.2) is 0 Å². The standard InChI is InChI=1S/C18H23BO3/c1-12-8-7-9-13-15(20-6)11-10-14(16(12)13)19-21-17(2,3)18(4,5)22-19/h7-11H,1-6H3. The number of benzene rings is 2. The molecule has 1 heterocycles. The third-order valence-electron chi connectivity index (χ3n) is 4.97. The molecule has 0 N–H and O–H groups in total. The summed E-state index contributed by atoms with van der Waals surface area (Å²) in [6.45, 7) is 10.4. The van der Waals surface area contributed by atoms with Crippen molar-refractivity contribution in [3.05, 3.63) is 35.9 Å². The van der Waals surface area contributed by atoms with Crippen molar-refractivity contribution < 1.29 is 14.0 Å². The van der Waals surface area contributed by atoms with E-state index in [-0.39, 0.29) is 18.3 Å². The maximum Gasteiger partial charge on any atom is 0.495 e. The van der Waals surface area contributed by atoms with Gasteiger partial charge in [-0.1, -0.05) is 24.3 Å². The van der Waals surface area contributed by atoms with Crippen molar-refractivity contribution in [3.63, 3.8) is 0 Å². The van der Waals surface area contributed by atoms with E-state index in [0.29, 0.717) is 0 Å². The molecule has 1 aliphatic heterocycles. The Labute approximate surface area is 132 Å². The highest BCUT2D eigenvalue weighted by Gasteiger charge is 2.52. The van der Waals surface area contributed by atoms with E-state index in [9.17, 15) is 0 Å². The van der Waals surface area contributed by atoms with Crippen molar-refractivity contribution in [3.8, 4) is 5.75 Å². The van der Waals surface area contributed by atoms with E-state index in [4.69, 9.17) is 14.0 Å². The lowest BCUT2D eigenvalue weighted by molar-refractivity contribution is 0.00578. The Morgan fingerprint density at radius 1 is 0.955 bits per heavy atom. The molecule has 0 radical (unpaired) electrons. The van der Waals surface area contributed by atoms with Gasteiger partial charge in [0.05, 0.1) is 18.3 Å². The van der Waals surface area contributed by atoms with Gasteiger partial charge in [-0.25, -0.2) is 0 Å². The quantitative estimate of drug-likeness (QED) is 0.795. The van der Waals surface area contributed by atoms with Crippen molar-refractivity contribution in [1.29, 1.82) is 0 Å². The lowest BCUT2D eigenvalue weighted by atomic mass is 9.75. The first-order chi connectivity index (χ1) is 10.3. The summed E-state index contributed by atoms with van der Waals surface area (Å²) in [6.07, 6.45) is 0. The number of methoxy groups -OCH3 is 1. The van der Waals surface area contributed by atoms with Crippen LogP contribution in [0.1, 0.15) is 33.3 Å². The fourth-order valence-electron chi connectivity index (χ4n) is 2.94. The van der Waals surface area contributed by atoms with Gasteiger partial charge in [0, 0.05) is 5.39 Å². The van der Waals surface area contributed by atoms with E-state index >= 15 is 0 Å². The fraction of sp³-hybridized carbons (Fsp3) is 0.444. The molecule has 0 saturated carbocycles. The van der Waals surface area contributed by atoms with Crippen molar-refractivity contribution in [2.45, 2.75) is 45.8 Å². The van der Waals surface area contributed by atoms with Gasteiger partial charge in [0.2, 0.25) is 0 Å². The van der Waals surface area contributed by atoms with E-state index in [1.807, 2.05) is 12.1 Å². The summed E-state index contributed by atoms with van der Waals surface area (Å²) in [5, 5.41) is 2.25. The van der Waals surface area contributed by atoms with Crippen LogP contribution in [0, 0.1) is 6.92 Å². The van der Waals surface area contributed by atoms with Gasteiger partial charge >= 0.3 is 7.12 Å². The first-order valence-corrected chi connectivity index (χ1v) is 7.69. The molecule has 4 heteroatoms. The van der Waals surface area contributed by atoms with Crippen molar-refractivity contribution in [2.24, 2.45) is 0 Å². The van der Waals surface area contributed by atoms with Crippen LogP contribution in [0.15, 0.2) is 30.3 Å². The van der Waals surface area contributed by atoms with Gasteiger partial charge in [-0.15, -0.1) is 0 Å². The van der Waals surface area contributed by atoms with Crippen molar-refractivity contribution in [1.82, 2.24) is 0 Å². The minimum atomic E-state index is -0.362. The van der Waals surface area contributed by atoms with E-state index in [0.717, 1.165) is 22.0 Å². The highest BCUT2D eigenvalue weighted by atomic mass is 16.7. The first kappa shape index (κ1) is 15.4. The molecule has 1 aliphatic rings. The molecule has 1 saturated heterocycles. The highest BCUT2D eigenvalue weighted by Crippen LogP contribution is 2.37. The second kappa shape index (κ2) is 5.00. The zero-order valence-corrected chi connectivity index (χ0v) is 14.2. The zero-order chi connectivity index (χ0) is 16.1. The third-order valence-corrected chi connectivity index (χ3v) is 4.97. The molecule has 0 aromatic heterocycles. The van der Waals surface area contributed by atoms with Gasteiger partial charge in [-0.2, -0.15) is 0 Å². The molecule has 116 valence electrons. The van der Waals surface area contributed by atoms with E-state index in [1.165, 1.54) is 5.56 Å². The number of hydrogen-bond donors (Lipinski definition) is 0. The average Bonchev–Trinajstić information content (AvgIpc) is 2.66. The molecule has 0 bridgehead atoms. The van der Waals surface area contributed by atoms with E-state index in [1.54, 1.807) is 7.11 Å². The molecule has 22 heavy (non-hydrogen) atoms. The Bertz CT molecular complexity index is 706. The summed E-state index contributed by atoms with van der Waals surface area (Å²) in [5.41, 5.74) is 1.58. The Morgan fingerprint density at radius 2 is 1.59 bits per heavy atom. The maximum absolute atomic E-state index is 6.22. The monoisotopic (exact) mass is 298 g/mol. The molecule has 2 aromatic rings. The van der Waals surface area contributed by atoms with E-state index in [2.05, 4.69) is 52.8 Å². The minimum Gasteiger partial charge on any atom is -0.496 e. The van der Waals surface area contributed by atoms with Crippen LogP contribution in [0.25, 0.3) is 10.8 Å². The van der Waals surface area contributed by atoms with Crippen LogP contribution < -0.4 is 10.2 Å². The van der Waals surface area contributed by atoms with Crippen LogP contribution in [0.5, 0.6) is 5.75 Å². The SMILES string of the molecule is COc1ccc(B2OC(C)(C)C(C)(C)O2)c2c(C)cccc12. The summed E-state index contributed by atoms with van der Waals surface area (Å²) < 4.78 is 17.9. The number of fused-ring (bicyclic) bond motifs is 1. The second-order valence-electron chi connectivity index (χ2n) is 6.94. The summed E-state index contributed by atoms with van der Waals surface area (Å²) in [4.78, 5) is 0. The normalized spacial score (nSPS) is 19.6. The van der Waals surface area contributed by atoms with Gasteiger partial charge in [0.25, 0.3) is 0 Å². The topological polar surface area (TPSA) is 27.7 Å². The molecule has 0 spiro atoms. The van der Waals surface area contributed by atoms with E-state index < -0.39 is 0 Å². The van der Waals surface area contributed by atoms with Crippen LogP contribution in [0.3, 0.4) is 0 Å². The highest BCUT2D eigenvalue weighted by molar-refractivity contribution is 6.65. The smallest absolute Gasteiger partial charge is 0.495 e. The number of aryl methyl sites for hydroxylation is 1. The molecular weight excluding hydrogens is 275 g/mol. The van der Waals surface area contributed by atoms with Gasteiger partial charge in [-0.3, -0.25) is 0 Å². The summed E-state index contributed by atoms with van der Waals surface area (Å²) in [6, 6.07) is 10.3. The third kappa shape index (κ3) is 2.22. The number of rotatable bonds is 2.